The number of nitrogens with two attached hydrogens (primary N) is 1. The molecule has 1 unspecified atom stereocenters. The van der Waals surface area contributed by atoms with Gasteiger partial charge >= 0.3 is 0 Å². The van der Waals surface area contributed by atoms with Gasteiger partial charge in [0.15, 0.2) is 0 Å². The Labute approximate surface area is 74.0 Å². The number of hydrogen-bond acceptors (Lipinski definition) is 2. The smallest absolute Gasteiger partial charge is 0.239 e. The van der Waals surface area contributed by atoms with Crippen LogP contribution in [0, 0.1) is 0 Å². The first-order valence-corrected chi connectivity index (χ1v) is 4.08. The molecule has 0 aliphatic heterocycles. The average Bonchev–Trinajstić information content (AvgIpc) is 1.85. The topological polar surface area (TPSA) is 55.1 Å². The van der Waals surface area contributed by atoms with Crippen molar-refractivity contribution in [2.75, 3.05) is 0 Å². The second-order valence-electron chi connectivity index (χ2n) is 3.62. The predicted molar refractivity (Wildman–Crippen MR) is 50.7 cm³/mol. The Balaban J connectivity index is 3.92. The number of amides is 1. The second kappa shape index (κ2) is 4.26. The van der Waals surface area contributed by atoms with E-state index < -0.39 is 5.54 Å². The third kappa shape index (κ3) is 4.13. The zero-order valence-electron chi connectivity index (χ0n) is 8.05. The molecule has 0 aliphatic rings. The maximum Gasteiger partial charge on any atom is 0.239 e. The van der Waals surface area contributed by atoms with Crippen molar-refractivity contribution in [1.82, 2.24) is 5.32 Å². The van der Waals surface area contributed by atoms with Crippen molar-refractivity contribution in [2.24, 2.45) is 5.73 Å². The molecule has 70 valence electrons. The van der Waals surface area contributed by atoms with Gasteiger partial charge in [-0.05, 0) is 27.2 Å². The maximum atomic E-state index is 11.3. The Kier molecular flexibility index (Phi) is 3.96. The highest BCUT2D eigenvalue weighted by atomic mass is 16.2. The van der Waals surface area contributed by atoms with Crippen LogP contribution in [0.3, 0.4) is 0 Å². The van der Waals surface area contributed by atoms with Crippen LogP contribution in [0.5, 0.6) is 0 Å². The quantitative estimate of drug-likeness (QED) is 0.613. The van der Waals surface area contributed by atoms with Crippen LogP contribution in [-0.4, -0.2) is 17.5 Å². The van der Waals surface area contributed by atoms with Gasteiger partial charge in [0.25, 0.3) is 0 Å². The van der Waals surface area contributed by atoms with E-state index in [0.29, 0.717) is 0 Å². The lowest BCUT2D eigenvalue weighted by molar-refractivity contribution is -0.125. The molecule has 3 heteroatoms. The summed E-state index contributed by atoms with van der Waals surface area (Å²) in [5.74, 6) is -0.128. The lowest BCUT2D eigenvalue weighted by atomic mass is 10.1. The van der Waals surface area contributed by atoms with Crippen molar-refractivity contribution in [3.63, 3.8) is 0 Å². The van der Waals surface area contributed by atoms with E-state index in [2.05, 4.69) is 11.9 Å². The summed E-state index contributed by atoms with van der Waals surface area (Å²) < 4.78 is 0. The minimum atomic E-state index is -0.796. The molecule has 1 atom stereocenters. The van der Waals surface area contributed by atoms with Crippen LogP contribution in [0.25, 0.3) is 0 Å². The minimum absolute atomic E-state index is 0.109. The second-order valence-corrected chi connectivity index (χ2v) is 3.62. The van der Waals surface area contributed by atoms with E-state index in [1.54, 1.807) is 19.9 Å². The average molecular weight is 170 g/mol. The highest BCUT2D eigenvalue weighted by Crippen LogP contribution is 1.98. The molecule has 0 saturated carbocycles. The summed E-state index contributed by atoms with van der Waals surface area (Å²) in [6, 6.07) is 0.109. The van der Waals surface area contributed by atoms with Crippen LogP contribution in [0.2, 0.25) is 0 Å². The van der Waals surface area contributed by atoms with Gasteiger partial charge in [-0.1, -0.05) is 6.08 Å². The molecule has 0 bridgehead atoms. The summed E-state index contributed by atoms with van der Waals surface area (Å²) in [4.78, 5) is 11.3. The first-order chi connectivity index (χ1) is 5.38. The molecule has 0 aromatic heterocycles. The van der Waals surface area contributed by atoms with Crippen molar-refractivity contribution in [1.29, 1.82) is 0 Å². The summed E-state index contributed by atoms with van der Waals surface area (Å²) in [5.41, 5.74) is 4.79. The summed E-state index contributed by atoms with van der Waals surface area (Å²) in [6.45, 7) is 8.88. The molecule has 0 aliphatic carbocycles. The van der Waals surface area contributed by atoms with Gasteiger partial charge in [-0.15, -0.1) is 6.58 Å². The predicted octanol–water partition coefficient (Wildman–Crippen LogP) is 0.804. The molecule has 0 fully saturated rings. The van der Waals surface area contributed by atoms with Gasteiger partial charge < -0.3 is 11.1 Å². The molecule has 1 amide bonds. The van der Waals surface area contributed by atoms with E-state index in [4.69, 9.17) is 5.73 Å². The van der Waals surface area contributed by atoms with E-state index in [0.717, 1.165) is 6.42 Å². The van der Waals surface area contributed by atoms with Crippen LogP contribution >= 0.6 is 0 Å². The van der Waals surface area contributed by atoms with Crippen molar-refractivity contribution in [3.05, 3.63) is 12.7 Å². The zero-order chi connectivity index (χ0) is 9.78. The molecule has 0 rings (SSSR count). The van der Waals surface area contributed by atoms with E-state index in [1.165, 1.54) is 0 Å². The van der Waals surface area contributed by atoms with Crippen molar-refractivity contribution in [2.45, 2.75) is 38.8 Å². The van der Waals surface area contributed by atoms with Gasteiger partial charge in [0.05, 0.1) is 5.54 Å². The van der Waals surface area contributed by atoms with E-state index in [9.17, 15) is 4.79 Å². The number of carbonyl (C=O) groups excluding carboxylic acids is 1. The largest absolute Gasteiger partial charge is 0.352 e. The van der Waals surface area contributed by atoms with Crippen LogP contribution < -0.4 is 11.1 Å². The lowest BCUT2D eigenvalue weighted by Gasteiger charge is -2.20. The minimum Gasteiger partial charge on any atom is -0.352 e. The summed E-state index contributed by atoms with van der Waals surface area (Å²) >= 11 is 0. The molecular weight excluding hydrogens is 152 g/mol. The van der Waals surface area contributed by atoms with Crippen molar-refractivity contribution < 1.29 is 4.79 Å². The first-order valence-electron chi connectivity index (χ1n) is 4.08. The molecule has 0 aromatic rings. The highest BCUT2D eigenvalue weighted by molar-refractivity contribution is 5.85. The third-order valence-electron chi connectivity index (χ3n) is 1.48. The van der Waals surface area contributed by atoms with Gasteiger partial charge in [-0.25, -0.2) is 0 Å². The van der Waals surface area contributed by atoms with Gasteiger partial charge in [0.2, 0.25) is 5.91 Å². The van der Waals surface area contributed by atoms with Crippen molar-refractivity contribution >= 4 is 5.91 Å². The first kappa shape index (κ1) is 11.2. The Bertz CT molecular complexity index is 170. The summed E-state index contributed by atoms with van der Waals surface area (Å²) in [6.07, 6.45) is 2.54. The molecule has 0 aromatic carbocycles. The summed E-state index contributed by atoms with van der Waals surface area (Å²) in [7, 11) is 0. The molecule has 0 saturated heterocycles. The van der Waals surface area contributed by atoms with Gasteiger partial charge in [0.1, 0.15) is 0 Å². The molecule has 0 spiro atoms. The van der Waals surface area contributed by atoms with E-state index >= 15 is 0 Å². The SMILES string of the molecule is C=CCC(C)NC(=O)C(C)(C)N. The third-order valence-corrected chi connectivity index (χ3v) is 1.48. The Hall–Kier alpha value is -0.830. The lowest BCUT2D eigenvalue weighted by Crippen LogP contribution is -2.51. The van der Waals surface area contributed by atoms with E-state index in [-0.39, 0.29) is 11.9 Å². The van der Waals surface area contributed by atoms with Crippen LogP contribution in [-0.2, 0) is 4.79 Å². The maximum absolute atomic E-state index is 11.3. The van der Waals surface area contributed by atoms with Gasteiger partial charge in [0, 0.05) is 6.04 Å². The Morgan fingerprint density at radius 1 is 1.75 bits per heavy atom. The monoisotopic (exact) mass is 170 g/mol. The molecule has 0 heterocycles. The summed E-state index contributed by atoms with van der Waals surface area (Å²) in [5, 5.41) is 2.79. The molecular formula is C9H18N2O. The van der Waals surface area contributed by atoms with Crippen LogP contribution in [0.15, 0.2) is 12.7 Å². The normalized spacial score (nSPS) is 13.7. The fraction of sp³-hybridized carbons (Fsp3) is 0.667. The molecule has 12 heavy (non-hydrogen) atoms. The Morgan fingerprint density at radius 2 is 2.25 bits per heavy atom. The van der Waals surface area contributed by atoms with Crippen LogP contribution in [0.1, 0.15) is 27.2 Å². The number of rotatable bonds is 4. The van der Waals surface area contributed by atoms with Gasteiger partial charge in [-0.2, -0.15) is 0 Å². The molecule has 3 N–H and O–H groups in total. The van der Waals surface area contributed by atoms with E-state index in [1.807, 2.05) is 6.92 Å². The number of carbonyl (C=O) groups is 1. The highest BCUT2D eigenvalue weighted by Gasteiger charge is 2.22. The zero-order valence-corrected chi connectivity index (χ0v) is 8.05. The standard InChI is InChI=1S/C9H18N2O/c1-5-6-7(2)11-8(12)9(3,4)10/h5,7H,1,6,10H2,2-4H3,(H,11,12). The fourth-order valence-corrected chi connectivity index (χ4v) is 0.719. The van der Waals surface area contributed by atoms with Gasteiger partial charge in [-0.3, -0.25) is 4.79 Å². The fourth-order valence-electron chi connectivity index (χ4n) is 0.719. The van der Waals surface area contributed by atoms with Crippen LogP contribution in [0.4, 0.5) is 0 Å². The Morgan fingerprint density at radius 3 is 2.58 bits per heavy atom. The molecule has 3 nitrogen and oxygen atoms in total. The molecule has 0 radical (unpaired) electrons. The number of hydrogen-bond donors (Lipinski definition) is 2. The van der Waals surface area contributed by atoms with Crippen molar-refractivity contribution in [3.8, 4) is 0 Å². The number of nitrogens with one attached hydrogen (secondary N) is 1.